The Balaban J connectivity index is 1.89. The quantitative estimate of drug-likeness (QED) is 0.687. The maximum Gasteiger partial charge on any atom is 0.260 e. The molecule has 1 amide bonds. The van der Waals surface area contributed by atoms with Crippen molar-refractivity contribution in [1.82, 2.24) is 4.90 Å². The van der Waals surface area contributed by atoms with Crippen molar-refractivity contribution in [3.63, 3.8) is 0 Å². The Morgan fingerprint density at radius 1 is 1.33 bits per heavy atom. The predicted octanol–water partition coefficient (Wildman–Crippen LogP) is 2.85. The second-order valence-electron chi connectivity index (χ2n) is 6.40. The molecule has 0 spiro atoms. The summed E-state index contributed by atoms with van der Waals surface area (Å²) < 4.78 is 5.51. The topological polar surface area (TPSA) is 55.6 Å². The number of nitrogen functional groups attached to an aromatic ring is 1. The van der Waals surface area contributed by atoms with Crippen LogP contribution in [0.1, 0.15) is 27.2 Å². The first-order valence-corrected chi connectivity index (χ1v) is 7.32. The Hall–Kier alpha value is -1.97. The van der Waals surface area contributed by atoms with Crippen LogP contribution in [-0.2, 0) is 4.79 Å². The zero-order chi connectivity index (χ0) is 15.5. The van der Waals surface area contributed by atoms with Crippen molar-refractivity contribution in [3.8, 4) is 5.75 Å². The smallest absolute Gasteiger partial charge is 0.260 e. The van der Waals surface area contributed by atoms with Crippen LogP contribution in [0.5, 0.6) is 5.75 Å². The van der Waals surface area contributed by atoms with Gasteiger partial charge in [0.25, 0.3) is 5.91 Å². The Kier molecular flexibility index (Phi) is 4.56. The van der Waals surface area contributed by atoms with E-state index in [2.05, 4.69) is 26.8 Å². The summed E-state index contributed by atoms with van der Waals surface area (Å²) in [6, 6.07) is 7.22. The lowest BCUT2D eigenvalue weighted by Crippen LogP contribution is -2.39. The van der Waals surface area contributed by atoms with Crippen molar-refractivity contribution >= 4 is 11.6 Å². The van der Waals surface area contributed by atoms with Crippen LogP contribution >= 0.6 is 0 Å². The number of anilines is 1. The van der Waals surface area contributed by atoms with E-state index in [4.69, 9.17) is 10.5 Å². The zero-order valence-electron chi connectivity index (χ0n) is 13.1. The standard InChI is InChI=1S/C17H24N2O2/c1-17(2,3)13-8-10-19(11-9-13)16(20)12-21-15-7-5-4-6-14(15)18/h4-8H,9-12,18H2,1-3H3. The number of nitrogens with zero attached hydrogens (tertiary/aromatic N) is 1. The first-order chi connectivity index (χ1) is 9.88. The zero-order valence-corrected chi connectivity index (χ0v) is 13.1. The summed E-state index contributed by atoms with van der Waals surface area (Å²) in [6.07, 6.45) is 3.10. The molecule has 0 aromatic heterocycles. The summed E-state index contributed by atoms with van der Waals surface area (Å²) in [6.45, 7) is 8.08. The minimum absolute atomic E-state index is 0.00228. The molecule has 0 saturated carbocycles. The average Bonchev–Trinajstić information content (AvgIpc) is 2.45. The Morgan fingerprint density at radius 3 is 2.62 bits per heavy atom. The molecule has 1 aromatic carbocycles. The van der Waals surface area contributed by atoms with Crippen LogP contribution in [0.3, 0.4) is 0 Å². The number of carbonyl (C=O) groups excluding carboxylic acids is 1. The van der Waals surface area contributed by atoms with E-state index in [0.29, 0.717) is 18.0 Å². The maximum atomic E-state index is 12.2. The second kappa shape index (κ2) is 6.20. The molecule has 21 heavy (non-hydrogen) atoms. The molecule has 0 radical (unpaired) electrons. The van der Waals surface area contributed by atoms with Crippen molar-refractivity contribution < 1.29 is 9.53 Å². The number of benzene rings is 1. The summed E-state index contributed by atoms with van der Waals surface area (Å²) in [5.74, 6) is 0.566. The Bertz CT molecular complexity index is 544. The van der Waals surface area contributed by atoms with Crippen molar-refractivity contribution in [2.75, 3.05) is 25.4 Å². The second-order valence-corrected chi connectivity index (χ2v) is 6.40. The van der Waals surface area contributed by atoms with E-state index in [1.807, 2.05) is 17.0 Å². The van der Waals surface area contributed by atoms with Gasteiger partial charge in [0.2, 0.25) is 0 Å². The molecule has 0 fully saturated rings. The van der Waals surface area contributed by atoms with Crippen LogP contribution in [-0.4, -0.2) is 30.5 Å². The molecule has 0 atom stereocenters. The van der Waals surface area contributed by atoms with Gasteiger partial charge in [-0.15, -0.1) is 0 Å². The van der Waals surface area contributed by atoms with Crippen LogP contribution in [0.15, 0.2) is 35.9 Å². The number of ether oxygens (including phenoxy) is 1. The maximum absolute atomic E-state index is 12.2. The Morgan fingerprint density at radius 2 is 2.05 bits per heavy atom. The summed E-state index contributed by atoms with van der Waals surface area (Å²) in [5.41, 5.74) is 7.95. The highest BCUT2D eigenvalue weighted by atomic mass is 16.5. The van der Waals surface area contributed by atoms with Gasteiger partial charge in [0, 0.05) is 13.1 Å². The van der Waals surface area contributed by atoms with E-state index in [1.54, 1.807) is 12.1 Å². The predicted molar refractivity (Wildman–Crippen MR) is 85.1 cm³/mol. The van der Waals surface area contributed by atoms with E-state index in [1.165, 1.54) is 5.57 Å². The van der Waals surface area contributed by atoms with Crippen LogP contribution < -0.4 is 10.5 Å². The van der Waals surface area contributed by atoms with E-state index < -0.39 is 0 Å². The van der Waals surface area contributed by atoms with Crippen molar-refractivity contribution in [1.29, 1.82) is 0 Å². The van der Waals surface area contributed by atoms with E-state index >= 15 is 0 Å². The highest BCUT2D eigenvalue weighted by molar-refractivity contribution is 5.78. The van der Waals surface area contributed by atoms with Crippen LogP contribution in [0.4, 0.5) is 5.69 Å². The number of nitrogens with two attached hydrogens (primary N) is 1. The number of hydrogen-bond donors (Lipinski definition) is 1. The summed E-state index contributed by atoms with van der Waals surface area (Å²) >= 11 is 0. The van der Waals surface area contributed by atoms with E-state index in [-0.39, 0.29) is 17.9 Å². The van der Waals surface area contributed by atoms with Gasteiger partial charge in [0.1, 0.15) is 5.75 Å². The number of rotatable bonds is 3. The molecular formula is C17H24N2O2. The average molecular weight is 288 g/mol. The first-order valence-electron chi connectivity index (χ1n) is 7.32. The highest BCUT2D eigenvalue weighted by Crippen LogP contribution is 2.30. The minimum atomic E-state index is 0.00228. The molecule has 0 bridgehead atoms. The fourth-order valence-electron chi connectivity index (χ4n) is 2.42. The van der Waals surface area contributed by atoms with Gasteiger partial charge >= 0.3 is 0 Å². The normalized spacial score (nSPS) is 15.6. The third-order valence-electron chi connectivity index (χ3n) is 3.80. The Labute approximate surface area is 126 Å². The molecule has 0 unspecified atom stereocenters. The van der Waals surface area contributed by atoms with Crippen LogP contribution in [0, 0.1) is 5.41 Å². The van der Waals surface area contributed by atoms with Gasteiger partial charge in [-0.1, -0.05) is 44.6 Å². The fraction of sp³-hybridized carbons (Fsp3) is 0.471. The van der Waals surface area contributed by atoms with Crippen LogP contribution in [0.25, 0.3) is 0 Å². The largest absolute Gasteiger partial charge is 0.482 e. The molecule has 0 aliphatic carbocycles. The van der Waals surface area contributed by atoms with Gasteiger partial charge in [-0.3, -0.25) is 4.79 Å². The van der Waals surface area contributed by atoms with Gasteiger partial charge in [0.05, 0.1) is 5.69 Å². The number of para-hydroxylation sites is 2. The van der Waals surface area contributed by atoms with Crippen LogP contribution in [0.2, 0.25) is 0 Å². The van der Waals surface area contributed by atoms with Gasteiger partial charge in [0.15, 0.2) is 6.61 Å². The van der Waals surface area contributed by atoms with E-state index in [0.717, 1.165) is 13.0 Å². The molecule has 1 aromatic rings. The molecule has 114 valence electrons. The summed E-state index contributed by atoms with van der Waals surface area (Å²) in [4.78, 5) is 14.0. The molecule has 0 saturated heterocycles. The minimum Gasteiger partial charge on any atom is -0.482 e. The van der Waals surface area contributed by atoms with Crippen molar-refractivity contribution in [2.45, 2.75) is 27.2 Å². The third-order valence-corrected chi connectivity index (χ3v) is 3.80. The molecule has 4 nitrogen and oxygen atoms in total. The molecule has 2 rings (SSSR count). The molecule has 1 heterocycles. The fourth-order valence-corrected chi connectivity index (χ4v) is 2.42. The molecular weight excluding hydrogens is 264 g/mol. The third kappa shape index (κ3) is 4.00. The van der Waals surface area contributed by atoms with Gasteiger partial charge in [-0.25, -0.2) is 0 Å². The molecule has 2 N–H and O–H groups in total. The molecule has 4 heteroatoms. The van der Waals surface area contributed by atoms with E-state index in [9.17, 15) is 4.79 Å². The molecule has 1 aliphatic rings. The number of amides is 1. The highest BCUT2D eigenvalue weighted by Gasteiger charge is 2.23. The monoisotopic (exact) mass is 288 g/mol. The van der Waals surface area contributed by atoms with Gasteiger partial charge in [-0.2, -0.15) is 0 Å². The van der Waals surface area contributed by atoms with Gasteiger partial charge < -0.3 is 15.4 Å². The first kappa shape index (κ1) is 15.4. The lowest BCUT2D eigenvalue weighted by molar-refractivity contribution is -0.133. The van der Waals surface area contributed by atoms with Crippen molar-refractivity contribution in [2.24, 2.45) is 5.41 Å². The lowest BCUT2D eigenvalue weighted by Gasteiger charge is -2.32. The summed E-state index contributed by atoms with van der Waals surface area (Å²) in [7, 11) is 0. The summed E-state index contributed by atoms with van der Waals surface area (Å²) in [5, 5.41) is 0. The SMILES string of the molecule is CC(C)(C)C1=CCN(C(=O)COc2ccccc2N)CC1. The van der Waals surface area contributed by atoms with Crippen molar-refractivity contribution in [3.05, 3.63) is 35.9 Å². The number of hydrogen-bond acceptors (Lipinski definition) is 3. The van der Waals surface area contributed by atoms with Gasteiger partial charge in [-0.05, 0) is 24.0 Å². The molecule has 1 aliphatic heterocycles. The number of carbonyl (C=O) groups is 1. The lowest BCUT2D eigenvalue weighted by atomic mass is 9.83.